The van der Waals surface area contributed by atoms with Gasteiger partial charge in [0.05, 0.1) is 32.9 Å². The highest BCUT2D eigenvalue weighted by Gasteiger charge is 2.17. The van der Waals surface area contributed by atoms with Crippen LogP contribution < -0.4 is 11.1 Å². The zero-order valence-corrected chi connectivity index (χ0v) is 24.3. The Hall–Kier alpha value is -4.21. The van der Waals surface area contributed by atoms with Gasteiger partial charge in [-0.1, -0.05) is 61.5 Å². The number of hydrogen-bond donors (Lipinski definition) is 3. The number of aromatic carboxylic acids is 1. The van der Waals surface area contributed by atoms with Gasteiger partial charge in [-0.25, -0.2) is 14.8 Å². The Balaban J connectivity index is 1.60. The molecule has 0 bridgehead atoms. The van der Waals surface area contributed by atoms with Crippen molar-refractivity contribution < 1.29 is 14.7 Å². The lowest BCUT2D eigenvalue weighted by Crippen LogP contribution is -2.42. The maximum absolute atomic E-state index is 12.4. The van der Waals surface area contributed by atoms with Crippen molar-refractivity contribution in [3.05, 3.63) is 95.0 Å². The van der Waals surface area contributed by atoms with Gasteiger partial charge < -0.3 is 16.2 Å². The number of thioether (sulfide) groups is 1. The number of rotatable bonds is 12. The SMILES string of the molecule is CCCN(Cc1ccc(-c2nc3cc(C(=O)O)ccc3nc2-c2ccccc2)cc1)C[C@@H](C)NC(=O)/C(=C/N)SC. The number of nitrogens with zero attached hydrogens (tertiary/aromatic N) is 3. The van der Waals surface area contributed by atoms with Gasteiger partial charge in [-0.2, -0.15) is 0 Å². The van der Waals surface area contributed by atoms with E-state index >= 15 is 0 Å². The summed E-state index contributed by atoms with van der Waals surface area (Å²) in [5, 5.41) is 12.5. The normalized spacial score (nSPS) is 12.4. The highest BCUT2D eigenvalue weighted by Crippen LogP contribution is 2.31. The predicted octanol–water partition coefficient (Wildman–Crippen LogP) is 5.54. The summed E-state index contributed by atoms with van der Waals surface area (Å²) in [7, 11) is 0. The van der Waals surface area contributed by atoms with Crippen LogP contribution in [0, 0.1) is 0 Å². The van der Waals surface area contributed by atoms with Gasteiger partial charge in [-0.3, -0.25) is 9.69 Å². The van der Waals surface area contributed by atoms with Crippen LogP contribution in [0.2, 0.25) is 0 Å². The highest BCUT2D eigenvalue weighted by molar-refractivity contribution is 8.03. The second kappa shape index (κ2) is 13.9. The third-order valence-corrected chi connectivity index (χ3v) is 7.40. The van der Waals surface area contributed by atoms with Crippen molar-refractivity contribution in [3.8, 4) is 22.5 Å². The van der Waals surface area contributed by atoms with Crippen LogP contribution in [0.25, 0.3) is 33.5 Å². The summed E-state index contributed by atoms with van der Waals surface area (Å²) in [6, 6.07) is 22.9. The summed E-state index contributed by atoms with van der Waals surface area (Å²) in [5.74, 6) is -1.16. The molecule has 41 heavy (non-hydrogen) atoms. The maximum Gasteiger partial charge on any atom is 0.335 e. The van der Waals surface area contributed by atoms with Crippen LogP contribution in [0.4, 0.5) is 0 Å². The molecule has 9 heteroatoms. The number of carboxylic acid groups (broad SMARTS) is 1. The van der Waals surface area contributed by atoms with Crippen LogP contribution in [0.1, 0.15) is 36.2 Å². The van der Waals surface area contributed by atoms with Crippen molar-refractivity contribution in [3.63, 3.8) is 0 Å². The first-order chi connectivity index (χ1) is 19.8. The van der Waals surface area contributed by atoms with Crippen molar-refractivity contribution in [1.29, 1.82) is 0 Å². The Labute approximate surface area is 244 Å². The van der Waals surface area contributed by atoms with Crippen molar-refractivity contribution in [2.45, 2.75) is 32.9 Å². The molecular formula is C32H35N5O3S. The van der Waals surface area contributed by atoms with Crippen LogP contribution in [0.15, 0.2) is 83.9 Å². The first kappa shape index (κ1) is 29.8. The topological polar surface area (TPSA) is 121 Å². The standard InChI is InChI=1S/C32H35N5O3S/c1-4-16-37(19-21(2)34-31(38)28(18-33)41-3)20-22-10-12-24(13-11-22)30-29(23-8-6-5-7-9-23)35-26-15-14-25(32(39)40)17-27(26)36-30/h5-15,17-18,21H,4,16,19-20,33H2,1-3H3,(H,34,38)(H,39,40)/b28-18-/t21-/m1/s1. The molecule has 0 aliphatic rings. The van der Waals surface area contributed by atoms with Gasteiger partial charge in [0, 0.05) is 36.5 Å². The van der Waals surface area contributed by atoms with Crippen molar-refractivity contribution in [1.82, 2.24) is 20.2 Å². The Morgan fingerprint density at radius 2 is 1.66 bits per heavy atom. The van der Waals surface area contributed by atoms with E-state index in [4.69, 9.17) is 15.7 Å². The van der Waals surface area contributed by atoms with E-state index in [1.165, 1.54) is 18.0 Å². The second-order valence-electron chi connectivity index (χ2n) is 9.84. The Morgan fingerprint density at radius 1 is 1.00 bits per heavy atom. The number of nitrogens with two attached hydrogens (primary N) is 1. The molecule has 0 aliphatic carbocycles. The van der Waals surface area contributed by atoms with E-state index in [0.29, 0.717) is 28.2 Å². The van der Waals surface area contributed by atoms with Crippen LogP contribution in [-0.4, -0.2) is 57.2 Å². The van der Waals surface area contributed by atoms with Gasteiger partial charge in [0.25, 0.3) is 5.91 Å². The summed E-state index contributed by atoms with van der Waals surface area (Å²) in [5.41, 5.74) is 11.3. The van der Waals surface area contributed by atoms with Gasteiger partial charge in [-0.15, -0.1) is 11.8 Å². The Bertz CT molecular complexity index is 1540. The molecule has 1 amide bonds. The average molecular weight is 570 g/mol. The molecule has 1 atom stereocenters. The first-order valence-electron chi connectivity index (χ1n) is 13.5. The monoisotopic (exact) mass is 569 g/mol. The summed E-state index contributed by atoms with van der Waals surface area (Å²) < 4.78 is 0. The summed E-state index contributed by atoms with van der Waals surface area (Å²) in [4.78, 5) is 36.6. The first-order valence-corrected chi connectivity index (χ1v) is 14.7. The van der Waals surface area contributed by atoms with Gasteiger partial charge in [-0.05, 0) is 49.9 Å². The number of fused-ring (bicyclic) bond motifs is 1. The molecule has 8 nitrogen and oxygen atoms in total. The van der Waals surface area contributed by atoms with Gasteiger partial charge in [0.15, 0.2) is 0 Å². The van der Waals surface area contributed by atoms with Gasteiger partial charge >= 0.3 is 5.97 Å². The molecule has 4 N–H and O–H groups in total. The van der Waals surface area contributed by atoms with E-state index in [2.05, 4.69) is 29.3 Å². The molecule has 0 saturated heterocycles. The molecule has 1 aromatic heterocycles. The number of hydrogen-bond acceptors (Lipinski definition) is 7. The minimum Gasteiger partial charge on any atom is -0.478 e. The van der Waals surface area contributed by atoms with E-state index < -0.39 is 5.97 Å². The summed E-state index contributed by atoms with van der Waals surface area (Å²) in [6.07, 6.45) is 4.16. The third-order valence-electron chi connectivity index (χ3n) is 6.64. The number of amides is 1. The minimum absolute atomic E-state index is 0.0487. The van der Waals surface area contributed by atoms with Gasteiger partial charge in [0.1, 0.15) is 0 Å². The summed E-state index contributed by atoms with van der Waals surface area (Å²) in [6.45, 7) is 6.46. The van der Waals surface area contributed by atoms with E-state index in [0.717, 1.165) is 41.9 Å². The van der Waals surface area contributed by atoms with E-state index in [1.807, 2.05) is 55.6 Å². The van der Waals surface area contributed by atoms with Crippen LogP contribution >= 0.6 is 11.8 Å². The zero-order valence-electron chi connectivity index (χ0n) is 23.5. The van der Waals surface area contributed by atoms with E-state index in [-0.39, 0.29) is 17.5 Å². The number of nitrogens with one attached hydrogen (secondary N) is 1. The number of carbonyl (C=O) groups is 2. The molecular weight excluding hydrogens is 534 g/mol. The summed E-state index contributed by atoms with van der Waals surface area (Å²) >= 11 is 1.33. The molecule has 212 valence electrons. The van der Waals surface area contributed by atoms with Gasteiger partial charge in [0.2, 0.25) is 0 Å². The average Bonchev–Trinajstić information content (AvgIpc) is 2.97. The Morgan fingerprint density at radius 3 is 2.27 bits per heavy atom. The largest absolute Gasteiger partial charge is 0.478 e. The highest BCUT2D eigenvalue weighted by atomic mass is 32.2. The lowest BCUT2D eigenvalue weighted by molar-refractivity contribution is -0.117. The molecule has 0 spiro atoms. The molecule has 3 aromatic carbocycles. The fourth-order valence-corrected chi connectivity index (χ4v) is 5.11. The smallest absolute Gasteiger partial charge is 0.335 e. The quantitative estimate of drug-likeness (QED) is 0.190. The number of carbonyl (C=O) groups excluding carboxylic acids is 1. The van der Waals surface area contributed by atoms with E-state index in [9.17, 15) is 14.7 Å². The number of carboxylic acids is 1. The fraction of sp³-hybridized carbons (Fsp3) is 0.250. The molecule has 4 rings (SSSR count). The number of aromatic nitrogens is 2. The molecule has 0 unspecified atom stereocenters. The number of benzene rings is 3. The van der Waals surface area contributed by atoms with Crippen LogP contribution in [0.3, 0.4) is 0 Å². The predicted molar refractivity (Wildman–Crippen MR) is 166 cm³/mol. The molecule has 4 aromatic rings. The maximum atomic E-state index is 12.4. The molecule has 0 saturated carbocycles. The lowest BCUT2D eigenvalue weighted by Gasteiger charge is -2.26. The Kier molecular flexibility index (Phi) is 10.1. The van der Waals surface area contributed by atoms with Crippen molar-refractivity contribution in [2.75, 3.05) is 19.3 Å². The zero-order chi connectivity index (χ0) is 29.4. The third kappa shape index (κ3) is 7.50. The molecule has 0 radical (unpaired) electrons. The second-order valence-corrected chi connectivity index (χ2v) is 10.7. The van der Waals surface area contributed by atoms with E-state index in [1.54, 1.807) is 18.2 Å². The minimum atomic E-state index is -1.00. The lowest BCUT2D eigenvalue weighted by atomic mass is 10.0. The van der Waals surface area contributed by atoms with Crippen LogP contribution in [0.5, 0.6) is 0 Å². The molecule has 0 aliphatic heterocycles. The van der Waals surface area contributed by atoms with Crippen LogP contribution in [-0.2, 0) is 11.3 Å². The fourth-order valence-electron chi connectivity index (χ4n) is 4.73. The molecule has 1 heterocycles. The molecule has 0 fully saturated rings. The van der Waals surface area contributed by atoms with Crippen molar-refractivity contribution in [2.24, 2.45) is 5.73 Å². The van der Waals surface area contributed by atoms with Crippen molar-refractivity contribution >= 4 is 34.7 Å².